The molecule has 0 saturated heterocycles. The predicted octanol–water partition coefficient (Wildman–Crippen LogP) is 16.3. The van der Waals surface area contributed by atoms with Crippen molar-refractivity contribution in [1.82, 2.24) is 5.32 Å². The zero-order chi connectivity index (χ0) is 48.8. The predicted molar refractivity (Wildman–Crippen MR) is 284 cm³/mol. The zero-order valence-electron chi connectivity index (χ0n) is 42.8. The maximum Gasteiger partial charge on any atom is 0.472 e. The van der Waals surface area contributed by atoms with Gasteiger partial charge in [-0.3, -0.25) is 18.6 Å². The molecule has 0 aromatic carbocycles. The van der Waals surface area contributed by atoms with Gasteiger partial charge in [0, 0.05) is 19.4 Å². The maximum atomic E-state index is 12.2. The van der Waals surface area contributed by atoms with Gasteiger partial charge in [-0.1, -0.05) is 214 Å². The minimum atomic E-state index is -4.44. The van der Waals surface area contributed by atoms with E-state index in [4.69, 9.17) is 13.8 Å². The van der Waals surface area contributed by atoms with Crippen LogP contribution in [0.3, 0.4) is 0 Å². The highest BCUT2D eigenvalue weighted by atomic mass is 31.2. The molecule has 0 saturated carbocycles. The van der Waals surface area contributed by atoms with Gasteiger partial charge in [-0.05, 0) is 89.9 Å². The molecule has 0 fully saturated rings. The first kappa shape index (κ1) is 64.2. The van der Waals surface area contributed by atoms with Gasteiger partial charge in [0.1, 0.15) is 12.7 Å². The van der Waals surface area contributed by atoms with Crippen molar-refractivity contribution >= 4 is 19.7 Å². The van der Waals surface area contributed by atoms with E-state index in [0.29, 0.717) is 6.42 Å². The summed E-state index contributed by atoms with van der Waals surface area (Å²) in [4.78, 5) is 34.1. The number of nitrogens with one attached hydrogen (secondary N) is 1. The number of aliphatic hydroxyl groups excluding tert-OH is 1. The lowest BCUT2D eigenvalue weighted by Crippen LogP contribution is -2.27. The van der Waals surface area contributed by atoms with E-state index in [-0.39, 0.29) is 32.1 Å². The second-order valence-electron chi connectivity index (χ2n) is 17.8. The Labute approximate surface area is 411 Å². The highest BCUT2D eigenvalue weighted by Crippen LogP contribution is 2.42. The highest BCUT2D eigenvalue weighted by Gasteiger charge is 2.23. The van der Waals surface area contributed by atoms with Crippen molar-refractivity contribution < 1.29 is 37.9 Å². The van der Waals surface area contributed by atoms with Crippen molar-refractivity contribution in [2.24, 2.45) is 0 Å². The smallest absolute Gasteiger partial charge is 0.463 e. The first-order valence-electron chi connectivity index (χ1n) is 27.1. The highest BCUT2D eigenvalue weighted by molar-refractivity contribution is 7.47. The SMILES string of the molecule is CC/C=C\C/C=C\C/C=C\C/C=C\C/C=C\C/C=C\CCCCCCC(=O)NCCOP(=O)(O)OCC(O)COC(=O)CCCCCCCCCCCCCCC/C=C/CCCCCCCC. The molecule has 2 atom stereocenters. The molecule has 0 heterocycles. The van der Waals surface area contributed by atoms with Crippen molar-refractivity contribution in [3.05, 3.63) is 85.1 Å². The van der Waals surface area contributed by atoms with Gasteiger partial charge < -0.3 is 20.1 Å². The lowest BCUT2D eigenvalue weighted by atomic mass is 10.0. The Bertz CT molecular complexity index is 1370. The summed E-state index contributed by atoms with van der Waals surface area (Å²) in [7, 11) is -4.44. The molecule has 9 nitrogen and oxygen atoms in total. The number of phosphoric acid groups is 1. The Morgan fingerprint density at radius 1 is 0.478 bits per heavy atom. The summed E-state index contributed by atoms with van der Waals surface area (Å²) < 4.78 is 27.0. The third-order valence-corrected chi connectivity index (χ3v) is 12.3. The zero-order valence-corrected chi connectivity index (χ0v) is 43.7. The van der Waals surface area contributed by atoms with Gasteiger partial charge in [0.05, 0.1) is 13.2 Å². The molecule has 67 heavy (non-hydrogen) atoms. The molecule has 0 aliphatic carbocycles. The number of phosphoric ester groups is 1. The van der Waals surface area contributed by atoms with Crippen molar-refractivity contribution in [2.45, 2.75) is 238 Å². The molecular formula is C57H100NO8P. The topological polar surface area (TPSA) is 131 Å². The van der Waals surface area contributed by atoms with Crippen LogP contribution < -0.4 is 5.32 Å². The summed E-state index contributed by atoms with van der Waals surface area (Å²) in [5, 5.41) is 12.8. The van der Waals surface area contributed by atoms with E-state index in [9.17, 15) is 24.2 Å². The Hall–Kier alpha value is -2.81. The molecule has 10 heteroatoms. The molecule has 1 amide bonds. The first-order chi connectivity index (χ1) is 32.8. The third kappa shape index (κ3) is 54.0. The standard InChI is InChI=1S/C57H100NO8P/c1-3-5-7-9-11-13-15-17-19-21-23-25-27-29-31-33-35-37-39-41-43-45-47-49-56(60)58-51-52-65-67(62,63)66-54-55(59)53-64-57(61)50-48-46-44-42-40-38-36-34-32-30-28-26-24-22-20-18-16-14-12-10-8-6-4-2/h5,7,11,13,17-20,23,25,29,31,35,37,55,59H,3-4,6,8-10,12,14-16,21-22,24,26-28,30,32-34,36,38-54H2,1-2H3,(H,58,60)(H,62,63)/b7-5-,13-11-,19-17-,20-18+,25-23-,31-29-,37-35-. The summed E-state index contributed by atoms with van der Waals surface area (Å²) in [6, 6.07) is 0. The van der Waals surface area contributed by atoms with Crippen molar-refractivity contribution in [2.75, 3.05) is 26.4 Å². The second kappa shape index (κ2) is 52.6. The minimum absolute atomic E-state index is 0.0632. The number of amides is 1. The quantitative estimate of drug-likeness (QED) is 0.0238. The molecule has 0 aromatic heterocycles. The number of carbonyl (C=O) groups is 2. The Kier molecular flexibility index (Phi) is 50.4. The van der Waals surface area contributed by atoms with Gasteiger partial charge >= 0.3 is 13.8 Å². The Balaban J connectivity index is 3.60. The minimum Gasteiger partial charge on any atom is -0.463 e. The molecule has 0 spiro atoms. The van der Waals surface area contributed by atoms with Gasteiger partial charge in [0.25, 0.3) is 0 Å². The number of carbonyl (C=O) groups excluding carboxylic acids is 2. The number of aliphatic hydroxyl groups is 1. The normalized spacial score (nSPS) is 13.8. The van der Waals surface area contributed by atoms with E-state index in [1.807, 2.05) is 0 Å². The average molecular weight is 958 g/mol. The summed E-state index contributed by atoms with van der Waals surface area (Å²) in [6.07, 6.45) is 68.1. The number of ether oxygens (including phenoxy) is 1. The fourth-order valence-corrected chi connectivity index (χ4v) is 8.02. The molecular weight excluding hydrogens is 858 g/mol. The lowest BCUT2D eigenvalue weighted by molar-refractivity contribution is -0.147. The van der Waals surface area contributed by atoms with Crippen LogP contribution in [-0.2, 0) is 27.9 Å². The van der Waals surface area contributed by atoms with Gasteiger partial charge in [-0.2, -0.15) is 0 Å². The van der Waals surface area contributed by atoms with Crippen LogP contribution in [0.5, 0.6) is 0 Å². The van der Waals surface area contributed by atoms with Crippen LogP contribution in [-0.4, -0.2) is 54.3 Å². The summed E-state index contributed by atoms with van der Waals surface area (Å²) in [5.74, 6) is -0.542. The van der Waals surface area contributed by atoms with Crippen LogP contribution >= 0.6 is 7.82 Å². The third-order valence-electron chi connectivity index (χ3n) is 11.3. The number of esters is 1. The van der Waals surface area contributed by atoms with Gasteiger partial charge in [-0.25, -0.2) is 4.57 Å². The Morgan fingerprint density at radius 2 is 0.851 bits per heavy atom. The summed E-state index contributed by atoms with van der Waals surface area (Å²) >= 11 is 0. The fourth-order valence-electron chi connectivity index (χ4n) is 7.26. The molecule has 0 aliphatic heterocycles. The largest absolute Gasteiger partial charge is 0.472 e. The van der Waals surface area contributed by atoms with E-state index >= 15 is 0 Å². The van der Waals surface area contributed by atoms with Crippen molar-refractivity contribution in [1.29, 1.82) is 0 Å². The van der Waals surface area contributed by atoms with Gasteiger partial charge in [0.15, 0.2) is 0 Å². The molecule has 0 rings (SSSR count). The van der Waals surface area contributed by atoms with Crippen LogP contribution in [0.2, 0.25) is 0 Å². The van der Waals surface area contributed by atoms with Gasteiger partial charge in [-0.15, -0.1) is 0 Å². The number of unbranched alkanes of at least 4 members (excludes halogenated alkanes) is 23. The first-order valence-corrected chi connectivity index (χ1v) is 28.6. The fraction of sp³-hybridized carbons (Fsp3) is 0.719. The van der Waals surface area contributed by atoms with Crippen LogP contribution in [0.1, 0.15) is 232 Å². The molecule has 386 valence electrons. The summed E-state index contributed by atoms with van der Waals surface area (Å²) in [6.45, 7) is 3.42. The summed E-state index contributed by atoms with van der Waals surface area (Å²) in [5.41, 5.74) is 0. The monoisotopic (exact) mass is 958 g/mol. The van der Waals surface area contributed by atoms with Crippen molar-refractivity contribution in [3.63, 3.8) is 0 Å². The molecule has 2 unspecified atom stereocenters. The number of allylic oxidation sites excluding steroid dienone is 14. The van der Waals surface area contributed by atoms with Crippen LogP contribution in [0.25, 0.3) is 0 Å². The van der Waals surface area contributed by atoms with Crippen LogP contribution in [0.4, 0.5) is 0 Å². The van der Waals surface area contributed by atoms with Gasteiger partial charge in [0.2, 0.25) is 5.91 Å². The van der Waals surface area contributed by atoms with Crippen LogP contribution in [0.15, 0.2) is 85.1 Å². The van der Waals surface area contributed by atoms with Crippen LogP contribution in [0, 0.1) is 0 Å². The van der Waals surface area contributed by atoms with E-state index < -0.39 is 26.5 Å². The van der Waals surface area contributed by atoms with E-state index in [1.54, 1.807) is 0 Å². The molecule has 0 aliphatic rings. The number of hydrogen-bond donors (Lipinski definition) is 3. The lowest BCUT2D eigenvalue weighted by Gasteiger charge is -2.15. The molecule has 3 N–H and O–H groups in total. The molecule has 0 aromatic rings. The van der Waals surface area contributed by atoms with Crippen molar-refractivity contribution in [3.8, 4) is 0 Å². The van der Waals surface area contributed by atoms with E-state index in [1.165, 1.54) is 116 Å². The Morgan fingerprint density at radius 3 is 1.30 bits per heavy atom. The maximum absolute atomic E-state index is 12.2. The molecule has 0 radical (unpaired) electrons. The second-order valence-corrected chi connectivity index (χ2v) is 19.3. The number of rotatable bonds is 50. The van der Waals surface area contributed by atoms with E-state index in [0.717, 1.165) is 89.9 Å². The molecule has 0 bridgehead atoms. The average Bonchev–Trinajstić information content (AvgIpc) is 3.32. The number of hydrogen-bond acceptors (Lipinski definition) is 7. The van der Waals surface area contributed by atoms with E-state index in [2.05, 4.69) is 104 Å².